The largest absolute Gasteiger partial charge is 0.396 e. The Balaban J connectivity index is 2.09. The van der Waals surface area contributed by atoms with Crippen LogP contribution in [0.2, 0.25) is 0 Å². The van der Waals surface area contributed by atoms with E-state index >= 15 is 0 Å². The molecular formula is C11H23NO2. The highest BCUT2D eigenvalue weighted by molar-refractivity contribution is 4.66. The zero-order chi connectivity index (χ0) is 10.2. The summed E-state index contributed by atoms with van der Waals surface area (Å²) in [7, 11) is 0. The Morgan fingerprint density at radius 1 is 1.36 bits per heavy atom. The van der Waals surface area contributed by atoms with Gasteiger partial charge in [-0.3, -0.25) is 0 Å². The molecule has 84 valence electrons. The third-order valence-corrected chi connectivity index (χ3v) is 2.67. The molecule has 1 atom stereocenters. The van der Waals surface area contributed by atoms with Crippen molar-refractivity contribution in [3.63, 3.8) is 0 Å². The number of ether oxygens (including phenoxy) is 1. The topological polar surface area (TPSA) is 32.7 Å². The van der Waals surface area contributed by atoms with Gasteiger partial charge in [0.15, 0.2) is 0 Å². The maximum Gasteiger partial charge on any atom is 0.0673 e. The summed E-state index contributed by atoms with van der Waals surface area (Å²) in [5, 5.41) is 8.66. The maximum absolute atomic E-state index is 8.66. The van der Waals surface area contributed by atoms with Crippen LogP contribution in [0.3, 0.4) is 0 Å². The van der Waals surface area contributed by atoms with Crippen LogP contribution >= 0.6 is 0 Å². The molecular weight excluding hydrogens is 178 g/mol. The van der Waals surface area contributed by atoms with Gasteiger partial charge in [0.2, 0.25) is 0 Å². The van der Waals surface area contributed by atoms with Crippen LogP contribution in [0.5, 0.6) is 0 Å². The monoisotopic (exact) mass is 201 g/mol. The fourth-order valence-corrected chi connectivity index (χ4v) is 1.91. The predicted molar refractivity (Wildman–Crippen MR) is 57.4 cm³/mol. The Hall–Kier alpha value is -0.120. The van der Waals surface area contributed by atoms with Crippen molar-refractivity contribution in [1.29, 1.82) is 0 Å². The first kappa shape index (κ1) is 12.0. The van der Waals surface area contributed by atoms with Gasteiger partial charge in [0.1, 0.15) is 0 Å². The first-order chi connectivity index (χ1) is 6.83. The van der Waals surface area contributed by atoms with Crippen LogP contribution in [-0.4, -0.2) is 49.0 Å². The van der Waals surface area contributed by atoms with Gasteiger partial charge in [-0.25, -0.2) is 0 Å². The highest BCUT2D eigenvalue weighted by atomic mass is 16.5. The van der Waals surface area contributed by atoms with Crippen molar-refractivity contribution >= 4 is 0 Å². The molecule has 14 heavy (non-hydrogen) atoms. The quantitative estimate of drug-likeness (QED) is 0.680. The SMILES string of the molecule is CC1CN(CCCCCO)CCCO1. The molecule has 0 aromatic carbocycles. The standard InChI is InChI=1S/C11H23NO2/c1-11-10-12(7-5-9-14-11)6-3-2-4-8-13/h11,13H,2-10H2,1H3. The van der Waals surface area contributed by atoms with Gasteiger partial charge < -0.3 is 14.7 Å². The number of rotatable bonds is 5. The Bertz CT molecular complexity index is 141. The Labute approximate surface area is 87.1 Å². The summed E-state index contributed by atoms with van der Waals surface area (Å²) in [5.41, 5.74) is 0. The van der Waals surface area contributed by atoms with Crippen LogP contribution in [0.1, 0.15) is 32.6 Å². The fraction of sp³-hybridized carbons (Fsp3) is 1.00. The third-order valence-electron chi connectivity index (χ3n) is 2.67. The average Bonchev–Trinajstić information content (AvgIpc) is 2.38. The second kappa shape index (κ2) is 7.21. The molecule has 1 aliphatic rings. The van der Waals surface area contributed by atoms with E-state index in [0.29, 0.717) is 12.7 Å². The van der Waals surface area contributed by atoms with Crippen LogP contribution < -0.4 is 0 Å². The Morgan fingerprint density at radius 2 is 2.21 bits per heavy atom. The van der Waals surface area contributed by atoms with E-state index in [4.69, 9.17) is 9.84 Å². The van der Waals surface area contributed by atoms with Crippen LogP contribution in [0.4, 0.5) is 0 Å². The van der Waals surface area contributed by atoms with Gasteiger partial charge in [-0.2, -0.15) is 0 Å². The molecule has 3 nitrogen and oxygen atoms in total. The third kappa shape index (κ3) is 4.94. The molecule has 0 aliphatic carbocycles. The minimum atomic E-state index is 0.333. The van der Waals surface area contributed by atoms with Gasteiger partial charge in [0.25, 0.3) is 0 Å². The van der Waals surface area contributed by atoms with Gasteiger partial charge in [-0.05, 0) is 39.2 Å². The summed E-state index contributed by atoms with van der Waals surface area (Å²) in [6, 6.07) is 0. The number of hydrogen-bond donors (Lipinski definition) is 1. The highest BCUT2D eigenvalue weighted by Crippen LogP contribution is 2.07. The van der Waals surface area contributed by atoms with Crippen molar-refractivity contribution in [2.24, 2.45) is 0 Å². The lowest BCUT2D eigenvalue weighted by molar-refractivity contribution is 0.0675. The lowest BCUT2D eigenvalue weighted by atomic mass is 10.2. The molecule has 1 fully saturated rings. The Kier molecular flexibility index (Phi) is 6.15. The van der Waals surface area contributed by atoms with E-state index in [9.17, 15) is 0 Å². The summed E-state index contributed by atoms with van der Waals surface area (Å²) in [6.07, 6.45) is 4.83. The molecule has 0 radical (unpaired) electrons. The predicted octanol–water partition coefficient (Wildman–Crippen LogP) is 1.26. The van der Waals surface area contributed by atoms with Crippen molar-refractivity contribution in [3.8, 4) is 0 Å². The minimum Gasteiger partial charge on any atom is -0.396 e. The van der Waals surface area contributed by atoms with Crippen LogP contribution in [0.25, 0.3) is 0 Å². The molecule has 1 aliphatic heterocycles. The van der Waals surface area contributed by atoms with Crippen LogP contribution in [-0.2, 0) is 4.74 Å². The number of nitrogens with zero attached hydrogens (tertiary/aromatic N) is 1. The number of aliphatic hydroxyl groups is 1. The molecule has 1 unspecified atom stereocenters. The summed E-state index contributed by atoms with van der Waals surface area (Å²) < 4.78 is 5.58. The molecule has 0 saturated carbocycles. The lowest BCUT2D eigenvalue weighted by Crippen LogP contribution is -2.31. The smallest absolute Gasteiger partial charge is 0.0673 e. The molecule has 0 amide bonds. The molecule has 0 bridgehead atoms. The van der Waals surface area contributed by atoms with E-state index in [2.05, 4.69) is 11.8 Å². The van der Waals surface area contributed by atoms with E-state index in [1.807, 2.05) is 0 Å². The minimum absolute atomic E-state index is 0.333. The van der Waals surface area contributed by atoms with Crippen LogP contribution in [0.15, 0.2) is 0 Å². The fourth-order valence-electron chi connectivity index (χ4n) is 1.91. The molecule has 1 saturated heterocycles. The van der Waals surface area contributed by atoms with E-state index in [-0.39, 0.29) is 0 Å². The zero-order valence-electron chi connectivity index (χ0n) is 9.24. The van der Waals surface area contributed by atoms with Gasteiger partial charge in [-0.15, -0.1) is 0 Å². The molecule has 0 aromatic rings. The average molecular weight is 201 g/mol. The van der Waals surface area contributed by atoms with E-state index in [1.165, 1.54) is 13.0 Å². The summed E-state index contributed by atoms with van der Waals surface area (Å²) >= 11 is 0. The summed E-state index contributed by atoms with van der Waals surface area (Å²) in [5.74, 6) is 0. The lowest BCUT2D eigenvalue weighted by Gasteiger charge is -2.21. The summed E-state index contributed by atoms with van der Waals surface area (Å²) in [6.45, 7) is 6.79. The number of aliphatic hydroxyl groups excluding tert-OH is 1. The summed E-state index contributed by atoms with van der Waals surface area (Å²) in [4.78, 5) is 2.48. The van der Waals surface area contributed by atoms with Crippen molar-refractivity contribution in [2.45, 2.75) is 38.7 Å². The van der Waals surface area contributed by atoms with Gasteiger partial charge >= 0.3 is 0 Å². The second-order valence-electron chi connectivity index (χ2n) is 4.12. The maximum atomic E-state index is 8.66. The number of hydrogen-bond acceptors (Lipinski definition) is 3. The van der Waals surface area contributed by atoms with Crippen molar-refractivity contribution in [1.82, 2.24) is 4.90 Å². The first-order valence-corrected chi connectivity index (χ1v) is 5.77. The molecule has 3 heteroatoms. The van der Waals surface area contributed by atoms with Crippen molar-refractivity contribution in [2.75, 3.05) is 32.8 Å². The second-order valence-corrected chi connectivity index (χ2v) is 4.12. The van der Waals surface area contributed by atoms with Gasteiger partial charge in [0, 0.05) is 26.3 Å². The Morgan fingerprint density at radius 3 is 3.00 bits per heavy atom. The van der Waals surface area contributed by atoms with E-state index in [1.54, 1.807) is 0 Å². The molecule has 0 aromatic heterocycles. The highest BCUT2D eigenvalue weighted by Gasteiger charge is 2.13. The number of unbranched alkanes of at least 4 members (excludes halogenated alkanes) is 2. The molecule has 1 N–H and O–H groups in total. The van der Waals surface area contributed by atoms with E-state index in [0.717, 1.165) is 39.0 Å². The zero-order valence-corrected chi connectivity index (χ0v) is 9.24. The van der Waals surface area contributed by atoms with Crippen LogP contribution in [0, 0.1) is 0 Å². The molecule has 1 heterocycles. The normalized spacial score (nSPS) is 24.9. The van der Waals surface area contributed by atoms with Crippen molar-refractivity contribution in [3.05, 3.63) is 0 Å². The van der Waals surface area contributed by atoms with Crippen molar-refractivity contribution < 1.29 is 9.84 Å². The van der Waals surface area contributed by atoms with Gasteiger partial charge in [0.05, 0.1) is 6.10 Å². The van der Waals surface area contributed by atoms with Gasteiger partial charge in [-0.1, -0.05) is 0 Å². The molecule has 0 spiro atoms. The van der Waals surface area contributed by atoms with E-state index < -0.39 is 0 Å². The molecule has 1 rings (SSSR count). The first-order valence-electron chi connectivity index (χ1n) is 5.77.